The Bertz CT molecular complexity index is 836. The average Bonchev–Trinajstić information content (AvgIpc) is 3.05. The zero-order valence-corrected chi connectivity index (χ0v) is 12.8. The fraction of sp³-hybridized carbons (Fsp3) is 0.235. The van der Waals surface area contributed by atoms with Crippen LogP contribution in [0.25, 0.3) is 0 Å². The number of benzene rings is 2. The van der Waals surface area contributed by atoms with E-state index in [1.807, 2.05) is 0 Å². The largest absolute Gasteiger partial charge is 0.454 e. The van der Waals surface area contributed by atoms with Crippen molar-refractivity contribution < 1.29 is 27.4 Å². The van der Waals surface area contributed by atoms with Gasteiger partial charge in [-0.25, -0.2) is 0 Å². The highest BCUT2D eigenvalue weighted by Crippen LogP contribution is 2.43. The second kappa shape index (κ2) is 5.38. The minimum Gasteiger partial charge on any atom is -0.454 e. The number of ether oxygens (including phenoxy) is 2. The van der Waals surface area contributed by atoms with Gasteiger partial charge in [0, 0.05) is 11.8 Å². The summed E-state index contributed by atoms with van der Waals surface area (Å²) in [5.74, 6) is 0.785. The van der Waals surface area contributed by atoms with Crippen LogP contribution < -0.4 is 20.1 Å². The third kappa shape index (κ3) is 2.49. The molecule has 0 aromatic heterocycles. The first-order valence-corrected chi connectivity index (χ1v) is 7.52. The number of β-lactam (4-membered cyclic amide) rings is 1. The monoisotopic (exact) mass is 350 g/mol. The van der Waals surface area contributed by atoms with Crippen LogP contribution in [0.5, 0.6) is 11.5 Å². The maximum Gasteiger partial charge on any atom is 0.416 e. The first-order valence-electron chi connectivity index (χ1n) is 7.52. The summed E-state index contributed by atoms with van der Waals surface area (Å²) in [5, 5.41) is 0. The van der Waals surface area contributed by atoms with Crippen molar-refractivity contribution in [1.29, 1.82) is 0 Å². The van der Waals surface area contributed by atoms with E-state index in [0.29, 0.717) is 22.7 Å². The molecule has 0 saturated carbocycles. The van der Waals surface area contributed by atoms with Crippen LogP contribution in [0.15, 0.2) is 42.5 Å². The first kappa shape index (κ1) is 15.8. The summed E-state index contributed by atoms with van der Waals surface area (Å²) >= 11 is 0. The lowest BCUT2D eigenvalue weighted by atomic mass is 9.88. The molecule has 8 heteroatoms. The number of hydrogen-bond acceptors (Lipinski definition) is 4. The molecule has 1 fully saturated rings. The Morgan fingerprint density at radius 3 is 2.40 bits per heavy atom. The molecule has 25 heavy (non-hydrogen) atoms. The van der Waals surface area contributed by atoms with E-state index >= 15 is 0 Å². The molecular weight excluding hydrogens is 337 g/mol. The third-order valence-electron chi connectivity index (χ3n) is 4.35. The zero-order valence-electron chi connectivity index (χ0n) is 12.8. The molecular formula is C17H13F3N2O3. The molecule has 5 nitrogen and oxygen atoms in total. The summed E-state index contributed by atoms with van der Waals surface area (Å²) in [6.07, 6.45) is -4.41. The van der Waals surface area contributed by atoms with E-state index in [0.717, 1.165) is 12.1 Å². The summed E-state index contributed by atoms with van der Waals surface area (Å²) in [5.41, 5.74) is 6.24. The Morgan fingerprint density at radius 2 is 1.72 bits per heavy atom. The van der Waals surface area contributed by atoms with Crippen LogP contribution in [0.4, 0.5) is 18.9 Å². The van der Waals surface area contributed by atoms with Crippen LogP contribution in [-0.4, -0.2) is 18.7 Å². The van der Waals surface area contributed by atoms with Crippen molar-refractivity contribution in [3.05, 3.63) is 53.6 Å². The number of nitrogens with zero attached hydrogens (tertiary/aromatic N) is 1. The number of halogens is 3. The Labute approximate surface area is 140 Å². The van der Waals surface area contributed by atoms with E-state index in [-0.39, 0.29) is 12.7 Å². The van der Waals surface area contributed by atoms with Gasteiger partial charge < -0.3 is 20.1 Å². The molecule has 2 aliphatic rings. The van der Waals surface area contributed by atoms with Crippen LogP contribution in [0, 0.1) is 0 Å². The minimum absolute atomic E-state index is 0.106. The topological polar surface area (TPSA) is 64.8 Å². The van der Waals surface area contributed by atoms with Crippen molar-refractivity contribution in [1.82, 2.24) is 0 Å². The second-order valence-corrected chi connectivity index (χ2v) is 5.84. The molecule has 0 radical (unpaired) electrons. The zero-order chi connectivity index (χ0) is 17.8. The molecule has 4 rings (SSSR count). The second-order valence-electron chi connectivity index (χ2n) is 5.84. The lowest BCUT2D eigenvalue weighted by Crippen LogP contribution is -2.63. The molecule has 0 aliphatic carbocycles. The Balaban J connectivity index is 1.65. The Morgan fingerprint density at radius 1 is 1.04 bits per heavy atom. The summed E-state index contributed by atoms with van der Waals surface area (Å²) in [6.45, 7) is 0.106. The molecule has 2 aromatic carbocycles. The van der Waals surface area contributed by atoms with Gasteiger partial charge in [-0.05, 0) is 29.8 Å². The van der Waals surface area contributed by atoms with E-state index in [1.54, 1.807) is 18.2 Å². The van der Waals surface area contributed by atoms with Gasteiger partial charge >= 0.3 is 6.18 Å². The van der Waals surface area contributed by atoms with Gasteiger partial charge in [-0.2, -0.15) is 13.2 Å². The fourth-order valence-corrected chi connectivity index (χ4v) is 3.06. The van der Waals surface area contributed by atoms with Crippen LogP contribution in [-0.2, 0) is 11.0 Å². The molecule has 0 unspecified atom stereocenters. The number of rotatable bonds is 2. The van der Waals surface area contributed by atoms with Gasteiger partial charge in [0.1, 0.15) is 6.04 Å². The normalized spacial score (nSPS) is 22.1. The minimum atomic E-state index is -4.41. The number of carbonyl (C=O) groups is 1. The van der Waals surface area contributed by atoms with Crippen LogP contribution in [0.3, 0.4) is 0 Å². The maximum atomic E-state index is 12.7. The summed E-state index contributed by atoms with van der Waals surface area (Å²) < 4.78 is 48.7. The van der Waals surface area contributed by atoms with Crippen molar-refractivity contribution in [2.45, 2.75) is 18.3 Å². The van der Waals surface area contributed by atoms with Crippen molar-refractivity contribution in [3.63, 3.8) is 0 Å². The number of hydrogen-bond donors (Lipinski definition) is 1. The average molecular weight is 350 g/mol. The van der Waals surface area contributed by atoms with E-state index in [4.69, 9.17) is 15.2 Å². The third-order valence-corrected chi connectivity index (χ3v) is 4.35. The fourth-order valence-electron chi connectivity index (χ4n) is 3.06. The maximum absolute atomic E-state index is 12.7. The number of carbonyl (C=O) groups excluding carboxylic acids is 1. The van der Waals surface area contributed by atoms with Gasteiger partial charge in [0.15, 0.2) is 11.5 Å². The van der Waals surface area contributed by atoms with Gasteiger partial charge in [-0.1, -0.05) is 12.1 Å². The number of amides is 1. The standard InChI is InChI=1S/C17H13F3N2O3/c18-17(19,20)10-3-1-9(2-4-10)15-14(21)16(23)22(15)11-5-6-12-13(7-11)25-8-24-12/h1-7,14-15H,8,21H2/t14-,15+/m0/s1. The summed E-state index contributed by atoms with van der Waals surface area (Å²) in [6, 6.07) is 8.36. The molecule has 1 amide bonds. The predicted molar refractivity (Wildman–Crippen MR) is 82.2 cm³/mol. The van der Waals surface area contributed by atoms with Gasteiger partial charge in [0.25, 0.3) is 0 Å². The van der Waals surface area contributed by atoms with Crippen molar-refractivity contribution >= 4 is 11.6 Å². The number of nitrogens with two attached hydrogens (primary N) is 1. The molecule has 2 heterocycles. The van der Waals surface area contributed by atoms with Gasteiger partial charge in [0.05, 0.1) is 11.6 Å². The van der Waals surface area contributed by atoms with Gasteiger partial charge in [-0.3, -0.25) is 4.79 Å². The highest BCUT2D eigenvalue weighted by Gasteiger charge is 2.47. The highest BCUT2D eigenvalue weighted by atomic mass is 19.4. The summed E-state index contributed by atoms with van der Waals surface area (Å²) in [4.78, 5) is 13.7. The number of fused-ring (bicyclic) bond motifs is 1. The SMILES string of the molecule is N[C@@H]1C(=O)N(c2ccc3c(c2)OCO3)[C@@H]1c1ccc(C(F)(F)F)cc1. The quantitative estimate of drug-likeness (QED) is 0.846. The Kier molecular flexibility index (Phi) is 3.40. The molecule has 1 saturated heterocycles. The molecule has 130 valence electrons. The molecule has 2 aromatic rings. The molecule has 0 bridgehead atoms. The van der Waals surface area contributed by atoms with E-state index in [2.05, 4.69) is 0 Å². The molecule has 2 atom stereocenters. The van der Waals surface area contributed by atoms with E-state index in [9.17, 15) is 18.0 Å². The molecule has 2 aliphatic heterocycles. The molecule has 2 N–H and O–H groups in total. The lowest BCUT2D eigenvalue weighted by molar-refractivity contribution is -0.137. The highest BCUT2D eigenvalue weighted by molar-refractivity contribution is 6.05. The summed E-state index contributed by atoms with van der Waals surface area (Å²) in [7, 11) is 0. The predicted octanol–water partition coefficient (Wildman–Crippen LogP) is 2.85. The van der Waals surface area contributed by atoms with Gasteiger partial charge in [0.2, 0.25) is 12.7 Å². The lowest BCUT2D eigenvalue weighted by Gasteiger charge is -2.45. The van der Waals surface area contributed by atoms with Crippen LogP contribution >= 0.6 is 0 Å². The van der Waals surface area contributed by atoms with Crippen molar-refractivity contribution in [2.75, 3.05) is 11.7 Å². The van der Waals surface area contributed by atoms with Crippen LogP contribution in [0.1, 0.15) is 17.2 Å². The molecule has 0 spiro atoms. The number of alkyl halides is 3. The number of anilines is 1. The van der Waals surface area contributed by atoms with Crippen LogP contribution in [0.2, 0.25) is 0 Å². The van der Waals surface area contributed by atoms with Crippen molar-refractivity contribution in [2.24, 2.45) is 5.73 Å². The van der Waals surface area contributed by atoms with E-state index in [1.165, 1.54) is 17.0 Å². The van der Waals surface area contributed by atoms with Crippen molar-refractivity contribution in [3.8, 4) is 11.5 Å². The van der Waals surface area contributed by atoms with Gasteiger partial charge in [-0.15, -0.1) is 0 Å². The Hall–Kier alpha value is -2.74. The van der Waals surface area contributed by atoms with E-state index < -0.39 is 23.8 Å². The first-order chi connectivity index (χ1) is 11.9. The smallest absolute Gasteiger partial charge is 0.416 e.